The SMILES string of the molecule is O=C(Cn1nc(C(=O)O)c2ccccc2c1=O)Nc1ccc(OC(F)F)c(Cl)c1. The third-order valence-electron chi connectivity index (χ3n) is 3.80. The van der Waals surface area contributed by atoms with Crippen molar-refractivity contribution in [1.82, 2.24) is 9.78 Å². The lowest BCUT2D eigenvalue weighted by atomic mass is 10.1. The van der Waals surface area contributed by atoms with E-state index in [2.05, 4.69) is 15.2 Å². The van der Waals surface area contributed by atoms with Crippen LogP contribution in [0.15, 0.2) is 47.3 Å². The van der Waals surface area contributed by atoms with E-state index in [1.807, 2.05) is 0 Å². The summed E-state index contributed by atoms with van der Waals surface area (Å²) in [6.07, 6.45) is 0. The van der Waals surface area contributed by atoms with Crippen LogP contribution in [0.5, 0.6) is 5.75 Å². The number of carboxylic acid groups (broad SMARTS) is 1. The van der Waals surface area contributed by atoms with Gasteiger partial charge >= 0.3 is 12.6 Å². The van der Waals surface area contributed by atoms with Crippen LogP contribution in [0.25, 0.3) is 10.8 Å². The first-order chi connectivity index (χ1) is 13.8. The van der Waals surface area contributed by atoms with Crippen LogP contribution in [0.4, 0.5) is 14.5 Å². The Balaban J connectivity index is 1.85. The molecule has 0 unspecified atom stereocenters. The molecular formula is C18H12ClF2N3O5. The van der Waals surface area contributed by atoms with E-state index in [1.54, 1.807) is 12.1 Å². The minimum atomic E-state index is -3.05. The molecule has 1 aromatic heterocycles. The standard InChI is InChI=1S/C18H12ClF2N3O5/c19-12-7-9(5-6-13(12)29-18(20)21)22-14(25)8-24-16(26)11-4-2-1-3-10(11)15(23-24)17(27)28/h1-7,18H,8H2,(H,22,25)(H,27,28). The molecule has 2 N–H and O–H groups in total. The highest BCUT2D eigenvalue weighted by Crippen LogP contribution is 2.28. The highest BCUT2D eigenvalue weighted by Gasteiger charge is 2.17. The van der Waals surface area contributed by atoms with Crippen LogP contribution in [-0.4, -0.2) is 33.4 Å². The average Bonchev–Trinajstić information content (AvgIpc) is 2.65. The molecule has 3 aromatic rings. The minimum absolute atomic E-state index is 0.101. The number of hydrogen-bond acceptors (Lipinski definition) is 5. The van der Waals surface area contributed by atoms with E-state index in [4.69, 9.17) is 11.6 Å². The lowest BCUT2D eigenvalue weighted by Crippen LogP contribution is -2.31. The summed E-state index contributed by atoms with van der Waals surface area (Å²) in [5, 5.41) is 15.6. The van der Waals surface area contributed by atoms with Crippen LogP contribution in [0.2, 0.25) is 5.02 Å². The van der Waals surface area contributed by atoms with Crippen molar-refractivity contribution in [3.8, 4) is 5.75 Å². The summed E-state index contributed by atoms with van der Waals surface area (Å²) in [7, 11) is 0. The van der Waals surface area contributed by atoms with Crippen LogP contribution in [0.3, 0.4) is 0 Å². The average molecular weight is 424 g/mol. The number of amides is 1. The zero-order chi connectivity index (χ0) is 21.1. The van der Waals surface area contributed by atoms with Crippen molar-refractivity contribution >= 4 is 39.9 Å². The third kappa shape index (κ3) is 4.49. The largest absolute Gasteiger partial charge is 0.476 e. The van der Waals surface area contributed by atoms with Crippen LogP contribution in [-0.2, 0) is 11.3 Å². The molecule has 3 rings (SSSR count). The molecule has 11 heteroatoms. The summed E-state index contributed by atoms with van der Waals surface area (Å²) < 4.78 is 29.5. The number of anilines is 1. The number of carbonyl (C=O) groups is 2. The minimum Gasteiger partial charge on any atom is -0.476 e. The molecule has 0 bridgehead atoms. The zero-order valence-electron chi connectivity index (χ0n) is 14.4. The number of fused-ring (bicyclic) bond motifs is 1. The molecule has 0 saturated heterocycles. The van der Waals surface area contributed by atoms with Crippen molar-refractivity contribution in [2.24, 2.45) is 0 Å². The van der Waals surface area contributed by atoms with Crippen molar-refractivity contribution in [1.29, 1.82) is 0 Å². The van der Waals surface area contributed by atoms with Gasteiger partial charge in [-0.15, -0.1) is 0 Å². The molecule has 0 fully saturated rings. The van der Waals surface area contributed by atoms with Crippen molar-refractivity contribution in [2.45, 2.75) is 13.2 Å². The van der Waals surface area contributed by atoms with Gasteiger partial charge in [0.1, 0.15) is 12.3 Å². The van der Waals surface area contributed by atoms with Crippen molar-refractivity contribution < 1.29 is 28.2 Å². The number of hydrogen-bond donors (Lipinski definition) is 2. The van der Waals surface area contributed by atoms with Crippen LogP contribution < -0.4 is 15.6 Å². The van der Waals surface area contributed by atoms with Crippen LogP contribution in [0, 0.1) is 0 Å². The van der Waals surface area contributed by atoms with Crippen molar-refractivity contribution in [3.63, 3.8) is 0 Å². The summed E-state index contributed by atoms with van der Waals surface area (Å²) in [6, 6.07) is 9.62. The predicted molar refractivity (Wildman–Crippen MR) is 99.7 cm³/mol. The zero-order valence-corrected chi connectivity index (χ0v) is 15.2. The number of nitrogens with zero attached hydrogens (tertiary/aromatic N) is 2. The number of halogens is 3. The molecule has 0 aliphatic heterocycles. The lowest BCUT2D eigenvalue weighted by Gasteiger charge is -2.11. The number of carboxylic acids is 1. The van der Waals surface area contributed by atoms with E-state index in [1.165, 1.54) is 24.3 Å². The Labute approximate surface area is 166 Å². The highest BCUT2D eigenvalue weighted by molar-refractivity contribution is 6.32. The fourth-order valence-corrected chi connectivity index (χ4v) is 2.83. The number of aromatic nitrogens is 2. The Morgan fingerprint density at radius 1 is 1.21 bits per heavy atom. The number of nitrogens with one attached hydrogen (secondary N) is 1. The van der Waals surface area contributed by atoms with Gasteiger partial charge in [-0.05, 0) is 24.3 Å². The van der Waals surface area contributed by atoms with Gasteiger partial charge in [0.05, 0.1) is 10.4 Å². The molecule has 0 aliphatic rings. The van der Waals surface area contributed by atoms with Gasteiger partial charge in [0.25, 0.3) is 5.56 Å². The molecule has 0 aliphatic carbocycles. The van der Waals surface area contributed by atoms with Crippen molar-refractivity contribution in [3.05, 3.63) is 63.5 Å². The van der Waals surface area contributed by atoms with Gasteiger partial charge in [0.2, 0.25) is 5.91 Å². The fraction of sp³-hybridized carbons (Fsp3) is 0.111. The monoisotopic (exact) mass is 423 g/mol. The molecule has 0 spiro atoms. The van der Waals surface area contributed by atoms with E-state index in [0.29, 0.717) is 0 Å². The van der Waals surface area contributed by atoms with Gasteiger partial charge in [0.15, 0.2) is 5.69 Å². The van der Waals surface area contributed by atoms with E-state index >= 15 is 0 Å². The molecule has 2 aromatic carbocycles. The summed E-state index contributed by atoms with van der Waals surface area (Å²) in [5.41, 5.74) is -0.849. The molecule has 1 heterocycles. The summed E-state index contributed by atoms with van der Waals surface area (Å²) in [5.74, 6) is -2.32. The van der Waals surface area contributed by atoms with E-state index in [9.17, 15) is 28.3 Å². The molecule has 0 atom stereocenters. The Hall–Kier alpha value is -3.53. The Bertz CT molecular complexity index is 1170. The van der Waals surface area contributed by atoms with Gasteiger partial charge in [-0.3, -0.25) is 9.59 Å². The van der Waals surface area contributed by atoms with Crippen molar-refractivity contribution in [2.75, 3.05) is 5.32 Å². The third-order valence-corrected chi connectivity index (χ3v) is 4.09. The quantitative estimate of drug-likeness (QED) is 0.630. The van der Waals surface area contributed by atoms with Crippen LogP contribution >= 0.6 is 11.6 Å². The first kappa shape index (κ1) is 20.2. The summed E-state index contributed by atoms with van der Waals surface area (Å²) in [4.78, 5) is 36.2. The Morgan fingerprint density at radius 3 is 2.52 bits per heavy atom. The molecule has 0 radical (unpaired) electrons. The second-order valence-electron chi connectivity index (χ2n) is 5.73. The van der Waals surface area contributed by atoms with Gasteiger partial charge in [-0.1, -0.05) is 29.8 Å². The second kappa shape index (κ2) is 8.23. The molecular weight excluding hydrogens is 412 g/mol. The smallest absolute Gasteiger partial charge is 0.387 e. The van der Waals surface area contributed by atoms with E-state index < -0.39 is 30.6 Å². The van der Waals surface area contributed by atoms with Gasteiger partial charge in [0, 0.05) is 11.1 Å². The molecule has 0 saturated carbocycles. The molecule has 8 nitrogen and oxygen atoms in total. The number of rotatable bonds is 6. The second-order valence-corrected chi connectivity index (χ2v) is 6.14. The Morgan fingerprint density at radius 2 is 1.90 bits per heavy atom. The van der Waals surface area contributed by atoms with Gasteiger partial charge < -0.3 is 15.2 Å². The van der Waals surface area contributed by atoms with Gasteiger partial charge in [-0.25, -0.2) is 9.48 Å². The predicted octanol–water partition coefficient (Wildman–Crippen LogP) is 2.99. The van der Waals surface area contributed by atoms with E-state index in [-0.39, 0.29) is 32.9 Å². The molecule has 150 valence electrons. The lowest BCUT2D eigenvalue weighted by molar-refractivity contribution is -0.117. The maximum atomic E-state index is 12.5. The normalized spacial score (nSPS) is 10.9. The summed E-state index contributed by atoms with van der Waals surface area (Å²) in [6.45, 7) is -3.63. The maximum absolute atomic E-state index is 12.5. The number of benzene rings is 2. The van der Waals surface area contributed by atoms with E-state index in [0.717, 1.165) is 10.7 Å². The number of aromatic carboxylic acids is 1. The van der Waals surface area contributed by atoms with Gasteiger partial charge in [-0.2, -0.15) is 13.9 Å². The topological polar surface area (TPSA) is 111 Å². The Kier molecular flexibility index (Phi) is 5.74. The first-order valence-electron chi connectivity index (χ1n) is 8.03. The highest BCUT2D eigenvalue weighted by atomic mass is 35.5. The molecule has 1 amide bonds. The number of carbonyl (C=O) groups excluding carboxylic acids is 1. The molecule has 29 heavy (non-hydrogen) atoms. The van der Waals surface area contributed by atoms with Crippen LogP contribution in [0.1, 0.15) is 10.5 Å². The summed E-state index contributed by atoms with van der Waals surface area (Å²) >= 11 is 5.82. The number of ether oxygens (including phenoxy) is 1. The first-order valence-corrected chi connectivity index (χ1v) is 8.41. The maximum Gasteiger partial charge on any atom is 0.387 e. The number of alkyl halides is 2. The fourth-order valence-electron chi connectivity index (χ4n) is 2.61.